The van der Waals surface area contributed by atoms with Crippen molar-refractivity contribution in [3.05, 3.63) is 35.9 Å². The number of amides is 1. The van der Waals surface area contributed by atoms with E-state index in [-0.39, 0.29) is 12.1 Å². The molecule has 1 unspecified atom stereocenters. The number of carbonyl (C=O) groups excluding carboxylic acids is 1. The number of carbonyl (C=O) groups is 1. The molecule has 0 aliphatic heterocycles. The number of hydrazine groups is 1. The average Bonchev–Trinajstić information content (AvgIpc) is 2.36. The second kappa shape index (κ2) is 7.26. The summed E-state index contributed by atoms with van der Waals surface area (Å²) in [4.78, 5) is 14.2. The average molecular weight is 263 g/mol. The van der Waals surface area contributed by atoms with Crippen LogP contribution in [0.3, 0.4) is 0 Å². The summed E-state index contributed by atoms with van der Waals surface area (Å²) in [5.74, 6) is -0.111. The maximum atomic E-state index is 11.9. The van der Waals surface area contributed by atoms with Crippen molar-refractivity contribution in [3.8, 4) is 0 Å². The maximum Gasteiger partial charge on any atom is 0.265 e. The molecule has 0 heterocycles. The van der Waals surface area contributed by atoms with Crippen molar-refractivity contribution in [3.63, 3.8) is 0 Å². The smallest absolute Gasteiger partial charge is 0.265 e. The third-order valence-electron chi connectivity index (χ3n) is 3.07. The largest absolute Gasteiger partial charge is 0.286 e. The number of nitrogens with zero attached hydrogens (tertiary/aromatic N) is 1. The zero-order valence-corrected chi connectivity index (χ0v) is 12.5. The van der Waals surface area contributed by atoms with E-state index in [9.17, 15) is 4.79 Å². The number of hydrogen-bond acceptors (Lipinski definition) is 3. The summed E-state index contributed by atoms with van der Waals surface area (Å²) in [6, 6.07) is 10.0. The molecular weight excluding hydrogens is 238 g/mol. The van der Waals surface area contributed by atoms with Crippen LogP contribution in [-0.2, 0) is 0 Å². The summed E-state index contributed by atoms with van der Waals surface area (Å²) in [5.41, 5.74) is 6.48. The maximum absolute atomic E-state index is 11.9. The molecule has 0 fully saturated rings. The van der Waals surface area contributed by atoms with Gasteiger partial charge in [0.05, 0.1) is 6.17 Å². The fourth-order valence-corrected chi connectivity index (χ4v) is 2.40. The van der Waals surface area contributed by atoms with E-state index in [0.29, 0.717) is 17.6 Å². The summed E-state index contributed by atoms with van der Waals surface area (Å²) >= 11 is 0. The predicted molar refractivity (Wildman–Crippen MR) is 78.6 cm³/mol. The van der Waals surface area contributed by atoms with Crippen molar-refractivity contribution in [2.45, 2.75) is 52.9 Å². The zero-order chi connectivity index (χ0) is 14.4. The molecule has 4 heteroatoms. The highest BCUT2D eigenvalue weighted by Gasteiger charge is 2.20. The van der Waals surface area contributed by atoms with Gasteiger partial charge in [0.1, 0.15) is 0 Å². The summed E-state index contributed by atoms with van der Waals surface area (Å²) < 4.78 is 0. The summed E-state index contributed by atoms with van der Waals surface area (Å²) in [6.45, 7) is 10.6. The highest BCUT2D eigenvalue weighted by molar-refractivity contribution is 5.93. The Morgan fingerprint density at radius 1 is 1.00 bits per heavy atom. The van der Waals surface area contributed by atoms with Crippen LogP contribution in [0.1, 0.15) is 45.0 Å². The zero-order valence-electron chi connectivity index (χ0n) is 12.5. The van der Waals surface area contributed by atoms with E-state index in [1.54, 1.807) is 12.1 Å². The van der Waals surface area contributed by atoms with Crippen LogP contribution in [0.15, 0.2) is 30.3 Å². The van der Waals surface area contributed by atoms with Crippen LogP contribution in [0, 0.1) is 0 Å². The molecule has 19 heavy (non-hydrogen) atoms. The van der Waals surface area contributed by atoms with Gasteiger partial charge in [0.2, 0.25) is 0 Å². The van der Waals surface area contributed by atoms with Crippen LogP contribution >= 0.6 is 0 Å². The van der Waals surface area contributed by atoms with E-state index in [1.807, 2.05) is 25.1 Å². The molecule has 1 amide bonds. The molecule has 0 spiro atoms. The van der Waals surface area contributed by atoms with Gasteiger partial charge in [-0.1, -0.05) is 18.2 Å². The van der Waals surface area contributed by atoms with Gasteiger partial charge in [-0.25, -0.2) is 5.43 Å². The van der Waals surface area contributed by atoms with Crippen LogP contribution in [0.5, 0.6) is 0 Å². The van der Waals surface area contributed by atoms with Crippen molar-refractivity contribution < 1.29 is 4.79 Å². The molecule has 0 saturated carbocycles. The molecule has 1 aromatic carbocycles. The normalized spacial score (nSPS) is 13.1. The lowest BCUT2D eigenvalue weighted by Crippen LogP contribution is -2.55. The SMILES string of the molecule is CC(C)N(C(C)C)C(C)NNC(=O)c1ccccc1. The lowest BCUT2D eigenvalue weighted by Gasteiger charge is -2.36. The third kappa shape index (κ3) is 4.65. The second-order valence-corrected chi connectivity index (χ2v) is 5.28. The van der Waals surface area contributed by atoms with Gasteiger partial charge in [-0.2, -0.15) is 0 Å². The Kier molecular flexibility index (Phi) is 5.99. The standard InChI is InChI=1S/C15H25N3O/c1-11(2)18(12(3)4)13(5)16-17-15(19)14-9-7-6-8-10-14/h6-13,16H,1-5H3,(H,17,19). The Hall–Kier alpha value is -1.39. The molecule has 0 radical (unpaired) electrons. The summed E-state index contributed by atoms with van der Waals surface area (Å²) in [7, 11) is 0. The van der Waals surface area contributed by atoms with Gasteiger partial charge in [0, 0.05) is 17.6 Å². The first-order chi connectivity index (χ1) is 8.93. The van der Waals surface area contributed by atoms with Gasteiger partial charge >= 0.3 is 0 Å². The first-order valence-corrected chi connectivity index (χ1v) is 6.81. The van der Waals surface area contributed by atoms with Gasteiger partial charge in [-0.3, -0.25) is 15.1 Å². The van der Waals surface area contributed by atoms with Gasteiger partial charge < -0.3 is 0 Å². The quantitative estimate of drug-likeness (QED) is 0.612. The van der Waals surface area contributed by atoms with E-state index in [1.165, 1.54) is 0 Å². The predicted octanol–water partition coefficient (Wildman–Crippen LogP) is 2.39. The molecule has 1 aromatic rings. The van der Waals surface area contributed by atoms with Crippen LogP contribution in [0.25, 0.3) is 0 Å². The lowest BCUT2D eigenvalue weighted by atomic mass is 10.2. The van der Waals surface area contributed by atoms with E-state index in [2.05, 4.69) is 43.4 Å². The summed E-state index contributed by atoms with van der Waals surface area (Å²) in [5, 5.41) is 0. The van der Waals surface area contributed by atoms with Crippen LogP contribution in [0.4, 0.5) is 0 Å². The lowest BCUT2D eigenvalue weighted by molar-refractivity contribution is 0.0745. The molecular formula is C15H25N3O. The Labute approximate surface area is 116 Å². The molecule has 0 aromatic heterocycles. The van der Waals surface area contributed by atoms with Gasteiger partial charge in [-0.05, 0) is 46.8 Å². The number of rotatable bonds is 6. The molecule has 0 saturated heterocycles. The first kappa shape index (κ1) is 15.7. The highest BCUT2D eigenvalue weighted by Crippen LogP contribution is 2.08. The fraction of sp³-hybridized carbons (Fsp3) is 0.533. The van der Waals surface area contributed by atoms with E-state index < -0.39 is 0 Å². The van der Waals surface area contributed by atoms with Crippen LogP contribution < -0.4 is 10.9 Å². The molecule has 0 bridgehead atoms. The van der Waals surface area contributed by atoms with Crippen molar-refractivity contribution in [1.29, 1.82) is 0 Å². The molecule has 0 aliphatic carbocycles. The van der Waals surface area contributed by atoms with Crippen molar-refractivity contribution in [2.24, 2.45) is 0 Å². The fourth-order valence-electron chi connectivity index (χ4n) is 2.40. The Bertz CT molecular complexity index is 382. The molecule has 106 valence electrons. The Morgan fingerprint density at radius 3 is 2.00 bits per heavy atom. The second-order valence-electron chi connectivity index (χ2n) is 5.28. The minimum Gasteiger partial charge on any atom is -0.286 e. The van der Waals surface area contributed by atoms with E-state index in [4.69, 9.17) is 0 Å². The van der Waals surface area contributed by atoms with Gasteiger partial charge in [-0.15, -0.1) is 0 Å². The van der Waals surface area contributed by atoms with Gasteiger partial charge in [0.15, 0.2) is 0 Å². The molecule has 2 N–H and O–H groups in total. The monoisotopic (exact) mass is 263 g/mol. The molecule has 4 nitrogen and oxygen atoms in total. The third-order valence-corrected chi connectivity index (χ3v) is 3.07. The van der Waals surface area contributed by atoms with Crippen molar-refractivity contribution in [2.75, 3.05) is 0 Å². The Morgan fingerprint density at radius 2 is 1.53 bits per heavy atom. The van der Waals surface area contributed by atoms with Crippen LogP contribution in [-0.4, -0.2) is 29.1 Å². The Balaban J connectivity index is 2.54. The minimum absolute atomic E-state index is 0.0765. The number of hydrogen-bond donors (Lipinski definition) is 2. The number of nitrogens with one attached hydrogen (secondary N) is 2. The van der Waals surface area contributed by atoms with Crippen molar-refractivity contribution >= 4 is 5.91 Å². The minimum atomic E-state index is -0.111. The van der Waals surface area contributed by atoms with E-state index in [0.717, 1.165) is 0 Å². The van der Waals surface area contributed by atoms with E-state index >= 15 is 0 Å². The molecule has 1 rings (SSSR count). The first-order valence-electron chi connectivity index (χ1n) is 6.81. The highest BCUT2D eigenvalue weighted by atomic mass is 16.2. The summed E-state index contributed by atoms with van der Waals surface area (Å²) in [6.07, 6.45) is 0.0765. The van der Waals surface area contributed by atoms with Crippen molar-refractivity contribution in [1.82, 2.24) is 15.8 Å². The molecule has 1 atom stereocenters. The molecule has 0 aliphatic rings. The van der Waals surface area contributed by atoms with Gasteiger partial charge in [0.25, 0.3) is 5.91 Å². The topological polar surface area (TPSA) is 44.4 Å². The van der Waals surface area contributed by atoms with Crippen LogP contribution in [0.2, 0.25) is 0 Å². The number of benzene rings is 1.